The zero-order chi connectivity index (χ0) is 22.5. The maximum absolute atomic E-state index is 13.7. The van der Waals surface area contributed by atoms with Crippen molar-refractivity contribution in [1.29, 1.82) is 0 Å². The lowest BCUT2D eigenvalue weighted by molar-refractivity contribution is 0.353. The van der Waals surface area contributed by atoms with E-state index in [1.807, 2.05) is 42.6 Å². The van der Waals surface area contributed by atoms with E-state index in [2.05, 4.69) is 26.8 Å². The third-order valence-electron chi connectivity index (χ3n) is 6.58. The van der Waals surface area contributed by atoms with E-state index in [0.717, 1.165) is 47.7 Å². The van der Waals surface area contributed by atoms with Crippen molar-refractivity contribution in [3.63, 3.8) is 0 Å². The van der Waals surface area contributed by atoms with Crippen LogP contribution in [0, 0.1) is 0 Å². The molecule has 6 rings (SSSR count). The Morgan fingerprint density at radius 2 is 2.03 bits per heavy atom. The molecular formula is C24H22ClN7O. The van der Waals surface area contributed by atoms with Crippen molar-refractivity contribution in [2.45, 2.75) is 31.7 Å². The summed E-state index contributed by atoms with van der Waals surface area (Å²) in [4.78, 5) is 28.0. The highest BCUT2D eigenvalue weighted by Crippen LogP contribution is 2.38. The second kappa shape index (κ2) is 7.74. The minimum Gasteiger partial charge on any atom is -0.352 e. The van der Waals surface area contributed by atoms with Gasteiger partial charge in [0.2, 0.25) is 0 Å². The molecule has 1 saturated heterocycles. The molecule has 1 aliphatic rings. The summed E-state index contributed by atoms with van der Waals surface area (Å²) in [7, 11) is 0. The molecule has 0 spiro atoms. The highest BCUT2D eigenvalue weighted by Gasteiger charge is 2.39. The van der Waals surface area contributed by atoms with E-state index in [4.69, 9.17) is 16.7 Å². The molecule has 0 saturated carbocycles. The zero-order valence-electron chi connectivity index (χ0n) is 18.0. The Balaban J connectivity index is 1.52. The second-order valence-electron chi connectivity index (χ2n) is 8.29. The third-order valence-corrected chi connectivity index (χ3v) is 6.89. The van der Waals surface area contributed by atoms with Crippen molar-refractivity contribution in [2.75, 3.05) is 11.4 Å². The quantitative estimate of drug-likeness (QED) is 0.426. The fourth-order valence-corrected chi connectivity index (χ4v) is 5.14. The van der Waals surface area contributed by atoms with Crippen LogP contribution in [0.2, 0.25) is 5.02 Å². The Morgan fingerprint density at radius 1 is 1.18 bits per heavy atom. The molecule has 5 aromatic rings. The standard InChI is InChI=1S/C24H22ClN7O/c1-2-16(19-10-12-30(19)22-17-8-11-26-21(17)27-14-28-22)23-29-31-13-9-18(25)20(31)24(33)32(23)15-6-4-3-5-7-15/h3-9,11,13-14,16,19H,2,10,12H2,1H3,(H,26,27,28). The first-order valence-electron chi connectivity index (χ1n) is 11.1. The summed E-state index contributed by atoms with van der Waals surface area (Å²) in [6.07, 6.45) is 7.03. The predicted octanol–water partition coefficient (Wildman–Crippen LogP) is 4.18. The lowest BCUT2D eigenvalue weighted by Crippen LogP contribution is -2.52. The molecule has 2 atom stereocenters. The van der Waals surface area contributed by atoms with Crippen LogP contribution in [0.1, 0.15) is 31.5 Å². The topological polar surface area (TPSA) is 84.1 Å². The van der Waals surface area contributed by atoms with E-state index >= 15 is 0 Å². The van der Waals surface area contributed by atoms with Crippen LogP contribution in [0.4, 0.5) is 5.82 Å². The van der Waals surface area contributed by atoms with E-state index in [1.54, 1.807) is 27.7 Å². The Hall–Kier alpha value is -3.65. The van der Waals surface area contributed by atoms with Crippen LogP contribution in [0.25, 0.3) is 22.2 Å². The zero-order valence-corrected chi connectivity index (χ0v) is 18.8. The largest absolute Gasteiger partial charge is 0.352 e. The number of rotatable bonds is 5. The van der Waals surface area contributed by atoms with Crippen LogP contribution < -0.4 is 10.5 Å². The summed E-state index contributed by atoms with van der Waals surface area (Å²) < 4.78 is 3.33. The van der Waals surface area contributed by atoms with Crippen LogP contribution >= 0.6 is 11.6 Å². The molecule has 1 N–H and O–H groups in total. The molecule has 2 unspecified atom stereocenters. The first kappa shape index (κ1) is 20.0. The first-order valence-corrected chi connectivity index (χ1v) is 11.4. The normalized spacial score (nSPS) is 16.9. The highest BCUT2D eigenvalue weighted by atomic mass is 35.5. The molecule has 9 heteroatoms. The van der Waals surface area contributed by atoms with Gasteiger partial charge < -0.3 is 9.88 Å². The fraction of sp³-hybridized carbons (Fsp3) is 0.250. The van der Waals surface area contributed by atoms with Gasteiger partial charge in [0.1, 0.15) is 29.1 Å². The molecular weight excluding hydrogens is 438 g/mol. The molecule has 166 valence electrons. The Labute approximate surface area is 194 Å². The molecule has 0 aliphatic carbocycles. The van der Waals surface area contributed by atoms with Crippen molar-refractivity contribution < 1.29 is 0 Å². The van der Waals surface area contributed by atoms with Gasteiger partial charge in [-0.3, -0.25) is 9.36 Å². The van der Waals surface area contributed by atoms with Crippen LogP contribution in [0.5, 0.6) is 0 Å². The lowest BCUT2D eigenvalue weighted by atomic mass is 9.86. The molecule has 5 heterocycles. The summed E-state index contributed by atoms with van der Waals surface area (Å²) in [6, 6.07) is 13.5. The molecule has 0 radical (unpaired) electrons. The average Bonchev–Trinajstić information content (AvgIpc) is 3.44. The summed E-state index contributed by atoms with van der Waals surface area (Å²) in [5.74, 6) is 1.65. The molecule has 8 nitrogen and oxygen atoms in total. The molecule has 0 amide bonds. The van der Waals surface area contributed by atoms with Gasteiger partial charge in [-0.2, -0.15) is 5.10 Å². The van der Waals surface area contributed by atoms with Crippen LogP contribution in [0.3, 0.4) is 0 Å². The fourth-order valence-electron chi connectivity index (χ4n) is 4.92. The van der Waals surface area contributed by atoms with E-state index in [9.17, 15) is 4.79 Å². The molecule has 33 heavy (non-hydrogen) atoms. The van der Waals surface area contributed by atoms with Crippen LogP contribution in [0.15, 0.2) is 66.0 Å². The number of nitrogens with one attached hydrogen (secondary N) is 1. The van der Waals surface area contributed by atoms with E-state index in [1.165, 1.54) is 0 Å². The number of hydrogen-bond donors (Lipinski definition) is 1. The molecule has 1 fully saturated rings. The maximum Gasteiger partial charge on any atom is 0.284 e. The number of aromatic nitrogens is 6. The average molecular weight is 460 g/mol. The molecule has 1 aliphatic heterocycles. The highest BCUT2D eigenvalue weighted by molar-refractivity contribution is 6.33. The summed E-state index contributed by atoms with van der Waals surface area (Å²) in [5.41, 5.74) is 1.82. The number of nitrogens with zero attached hydrogens (tertiary/aromatic N) is 6. The number of H-pyrrole nitrogens is 1. The SMILES string of the molecule is CCC(c1nn2ccc(Cl)c2c(=O)n1-c1ccccc1)C1CCN1c1ncnc2[nH]ccc12. The van der Waals surface area contributed by atoms with Crippen molar-refractivity contribution in [3.05, 3.63) is 82.4 Å². The monoisotopic (exact) mass is 459 g/mol. The van der Waals surface area contributed by atoms with E-state index in [-0.39, 0.29) is 17.5 Å². The number of hydrogen-bond acceptors (Lipinski definition) is 5. The summed E-state index contributed by atoms with van der Waals surface area (Å²) in [5, 5.41) is 6.32. The Kier molecular flexibility index (Phi) is 4.69. The maximum atomic E-state index is 13.7. The van der Waals surface area contributed by atoms with Gasteiger partial charge in [-0.1, -0.05) is 36.7 Å². The van der Waals surface area contributed by atoms with E-state index in [0.29, 0.717) is 10.5 Å². The number of anilines is 1. The number of para-hydroxylation sites is 1. The van der Waals surface area contributed by atoms with Gasteiger partial charge in [-0.25, -0.2) is 14.5 Å². The number of fused-ring (bicyclic) bond motifs is 2. The summed E-state index contributed by atoms with van der Waals surface area (Å²) in [6.45, 7) is 3.03. The van der Waals surface area contributed by atoms with Gasteiger partial charge in [0.05, 0.1) is 16.1 Å². The first-order chi connectivity index (χ1) is 16.2. The van der Waals surface area contributed by atoms with Gasteiger partial charge in [-0.05, 0) is 37.1 Å². The minimum absolute atomic E-state index is 0.0150. The number of benzene rings is 1. The lowest BCUT2D eigenvalue weighted by Gasteiger charge is -2.46. The van der Waals surface area contributed by atoms with Crippen LogP contribution in [-0.4, -0.2) is 41.7 Å². The van der Waals surface area contributed by atoms with Gasteiger partial charge in [0, 0.05) is 30.9 Å². The smallest absolute Gasteiger partial charge is 0.284 e. The van der Waals surface area contributed by atoms with Crippen molar-refractivity contribution in [3.8, 4) is 5.69 Å². The Bertz CT molecular complexity index is 1520. The predicted molar refractivity (Wildman–Crippen MR) is 128 cm³/mol. The van der Waals surface area contributed by atoms with Gasteiger partial charge in [0.25, 0.3) is 5.56 Å². The van der Waals surface area contributed by atoms with Gasteiger partial charge in [0.15, 0.2) is 0 Å². The van der Waals surface area contributed by atoms with Crippen LogP contribution in [-0.2, 0) is 0 Å². The molecule has 0 bridgehead atoms. The number of aromatic amines is 1. The van der Waals surface area contributed by atoms with Crippen molar-refractivity contribution in [2.24, 2.45) is 0 Å². The molecule has 4 aromatic heterocycles. The van der Waals surface area contributed by atoms with Gasteiger partial charge in [-0.15, -0.1) is 0 Å². The van der Waals surface area contributed by atoms with Gasteiger partial charge >= 0.3 is 0 Å². The number of halogens is 1. The Morgan fingerprint density at radius 3 is 2.79 bits per heavy atom. The van der Waals surface area contributed by atoms with E-state index < -0.39 is 0 Å². The summed E-state index contributed by atoms with van der Waals surface area (Å²) >= 11 is 6.35. The second-order valence-corrected chi connectivity index (χ2v) is 8.70. The third kappa shape index (κ3) is 3.05. The van der Waals surface area contributed by atoms with Crippen molar-refractivity contribution in [1.82, 2.24) is 29.1 Å². The minimum atomic E-state index is -0.166. The van der Waals surface area contributed by atoms with Crippen molar-refractivity contribution >= 4 is 34.0 Å². The molecule has 1 aromatic carbocycles.